The van der Waals surface area contributed by atoms with Crippen molar-refractivity contribution >= 4 is 17.1 Å². The SMILES string of the molecule is Cn1nnc2nc(-c3ccc(-c4cnc(N5CCNC(C6CC6)C5)nn4)c(O)c3)ccc21. The summed E-state index contributed by atoms with van der Waals surface area (Å²) in [6.45, 7) is 2.71. The number of phenols is 1. The van der Waals surface area contributed by atoms with Crippen molar-refractivity contribution in [3.8, 4) is 28.3 Å². The van der Waals surface area contributed by atoms with Crippen LogP contribution in [-0.2, 0) is 7.05 Å². The Kier molecular flexibility index (Phi) is 4.46. The van der Waals surface area contributed by atoms with Crippen LogP contribution >= 0.6 is 0 Å². The first-order valence-electron chi connectivity index (χ1n) is 10.8. The van der Waals surface area contributed by atoms with E-state index in [-0.39, 0.29) is 5.75 Å². The quantitative estimate of drug-likeness (QED) is 0.500. The van der Waals surface area contributed by atoms with Crippen molar-refractivity contribution in [3.63, 3.8) is 0 Å². The lowest BCUT2D eigenvalue weighted by Gasteiger charge is -2.33. The Hall–Kier alpha value is -3.66. The van der Waals surface area contributed by atoms with Crippen molar-refractivity contribution in [1.29, 1.82) is 0 Å². The van der Waals surface area contributed by atoms with E-state index in [9.17, 15) is 5.11 Å². The maximum atomic E-state index is 10.7. The number of anilines is 1. The van der Waals surface area contributed by atoms with Gasteiger partial charge in [-0.3, -0.25) is 0 Å². The van der Waals surface area contributed by atoms with Gasteiger partial charge in [0, 0.05) is 43.9 Å². The lowest BCUT2D eigenvalue weighted by molar-refractivity contribution is 0.414. The molecule has 4 aromatic rings. The molecule has 1 aromatic carbocycles. The highest BCUT2D eigenvalue weighted by Crippen LogP contribution is 2.34. The number of piperazine rings is 1. The number of hydrogen-bond acceptors (Lipinski definition) is 9. The molecule has 1 aliphatic heterocycles. The number of benzene rings is 1. The summed E-state index contributed by atoms with van der Waals surface area (Å²) in [6, 6.07) is 9.70. The molecule has 3 aromatic heterocycles. The molecule has 2 fully saturated rings. The first kappa shape index (κ1) is 19.1. The molecule has 1 aliphatic carbocycles. The normalized spacial score (nSPS) is 18.9. The van der Waals surface area contributed by atoms with Gasteiger partial charge in [0.05, 0.1) is 11.9 Å². The van der Waals surface area contributed by atoms with Crippen LogP contribution in [-0.4, -0.2) is 65.9 Å². The maximum Gasteiger partial charge on any atom is 0.245 e. The first-order chi connectivity index (χ1) is 15.7. The number of aromatic hydroxyl groups is 1. The Balaban J connectivity index is 1.23. The molecule has 162 valence electrons. The Bertz CT molecular complexity index is 1280. The lowest BCUT2D eigenvalue weighted by Crippen LogP contribution is -2.52. The Morgan fingerprint density at radius 1 is 1.06 bits per heavy atom. The molecule has 1 saturated heterocycles. The number of fused-ring (bicyclic) bond motifs is 1. The van der Waals surface area contributed by atoms with Crippen LogP contribution < -0.4 is 10.2 Å². The van der Waals surface area contributed by atoms with Gasteiger partial charge in [0.25, 0.3) is 0 Å². The van der Waals surface area contributed by atoms with Gasteiger partial charge in [-0.25, -0.2) is 14.6 Å². The van der Waals surface area contributed by atoms with Crippen LogP contribution in [0.2, 0.25) is 0 Å². The van der Waals surface area contributed by atoms with E-state index in [0.717, 1.165) is 36.6 Å². The molecule has 0 spiro atoms. The van der Waals surface area contributed by atoms with E-state index in [1.54, 1.807) is 16.9 Å². The Labute approximate surface area is 184 Å². The summed E-state index contributed by atoms with van der Waals surface area (Å²) in [5, 5.41) is 31.0. The highest BCUT2D eigenvalue weighted by Gasteiger charge is 2.34. The monoisotopic (exact) mass is 429 g/mol. The summed E-state index contributed by atoms with van der Waals surface area (Å²) in [5.41, 5.74) is 4.02. The smallest absolute Gasteiger partial charge is 0.245 e. The second-order valence-corrected chi connectivity index (χ2v) is 8.47. The van der Waals surface area contributed by atoms with Gasteiger partial charge in [0.1, 0.15) is 17.0 Å². The molecular weight excluding hydrogens is 406 g/mol. The fourth-order valence-electron chi connectivity index (χ4n) is 4.30. The molecule has 1 saturated carbocycles. The van der Waals surface area contributed by atoms with Gasteiger partial charge in [-0.05, 0) is 43.0 Å². The second-order valence-electron chi connectivity index (χ2n) is 8.47. The summed E-state index contributed by atoms with van der Waals surface area (Å²) in [7, 11) is 1.82. The molecule has 0 radical (unpaired) electrons. The number of hydrogen-bond donors (Lipinski definition) is 2. The molecule has 0 amide bonds. The van der Waals surface area contributed by atoms with Crippen molar-refractivity contribution in [1.82, 2.24) is 40.5 Å². The number of rotatable bonds is 4. The molecule has 1 atom stereocenters. The summed E-state index contributed by atoms with van der Waals surface area (Å²) < 4.78 is 1.68. The second kappa shape index (κ2) is 7.49. The van der Waals surface area contributed by atoms with Crippen LogP contribution in [0.25, 0.3) is 33.7 Å². The molecule has 6 rings (SSSR count). The Morgan fingerprint density at radius 3 is 2.75 bits per heavy atom. The fraction of sp³-hybridized carbons (Fsp3) is 0.364. The zero-order chi connectivity index (χ0) is 21.7. The zero-order valence-corrected chi connectivity index (χ0v) is 17.7. The standard InChI is InChI=1S/C22H23N9O/c1-30-19-7-6-16(25-21(19)27-29-30)14-4-5-15(20(32)10-14)17-11-24-22(28-26-17)31-9-8-23-18(12-31)13-2-3-13/h4-7,10-11,13,18,23,32H,2-3,8-9,12H2,1H3. The number of pyridine rings is 1. The highest BCUT2D eigenvalue weighted by atomic mass is 16.3. The van der Waals surface area contributed by atoms with Gasteiger partial charge in [-0.2, -0.15) is 0 Å². The van der Waals surface area contributed by atoms with Crippen LogP contribution in [0.3, 0.4) is 0 Å². The van der Waals surface area contributed by atoms with E-state index >= 15 is 0 Å². The molecule has 10 nitrogen and oxygen atoms in total. The van der Waals surface area contributed by atoms with Gasteiger partial charge in [0.2, 0.25) is 11.6 Å². The molecule has 0 bridgehead atoms. The van der Waals surface area contributed by atoms with Crippen LogP contribution in [0.5, 0.6) is 5.75 Å². The van der Waals surface area contributed by atoms with Gasteiger partial charge in [0.15, 0.2) is 0 Å². The summed E-state index contributed by atoms with van der Waals surface area (Å²) >= 11 is 0. The van der Waals surface area contributed by atoms with Crippen LogP contribution in [0.1, 0.15) is 12.8 Å². The van der Waals surface area contributed by atoms with Crippen LogP contribution in [0.4, 0.5) is 5.95 Å². The molecular formula is C22H23N9O. The third kappa shape index (κ3) is 3.42. The largest absolute Gasteiger partial charge is 0.507 e. The van der Waals surface area contributed by atoms with Crippen molar-refractivity contribution < 1.29 is 5.11 Å². The van der Waals surface area contributed by atoms with Crippen molar-refractivity contribution in [2.24, 2.45) is 13.0 Å². The molecule has 1 unspecified atom stereocenters. The summed E-state index contributed by atoms with van der Waals surface area (Å²) in [4.78, 5) is 11.3. The summed E-state index contributed by atoms with van der Waals surface area (Å²) in [6.07, 6.45) is 4.29. The molecule has 10 heteroatoms. The number of nitrogens with zero attached hydrogens (tertiary/aromatic N) is 8. The summed E-state index contributed by atoms with van der Waals surface area (Å²) in [5.74, 6) is 1.52. The van der Waals surface area contributed by atoms with E-state index < -0.39 is 0 Å². The van der Waals surface area contributed by atoms with Gasteiger partial charge in [-0.15, -0.1) is 15.3 Å². The van der Waals surface area contributed by atoms with Crippen LogP contribution in [0.15, 0.2) is 36.5 Å². The van der Waals surface area contributed by atoms with Crippen molar-refractivity contribution in [2.45, 2.75) is 18.9 Å². The predicted molar refractivity (Wildman–Crippen MR) is 119 cm³/mol. The third-order valence-electron chi connectivity index (χ3n) is 6.27. The van der Waals surface area contributed by atoms with Crippen molar-refractivity contribution in [3.05, 3.63) is 36.5 Å². The minimum absolute atomic E-state index is 0.100. The third-order valence-corrected chi connectivity index (χ3v) is 6.27. The average molecular weight is 429 g/mol. The first-order valence-corrected chi connectivity index (χ1v) is 10.8. The number of aromatic nitrogens is 7. The Morgan fingerprint density at radius 2 is 1.97 bits per heavy atom. The van der Waals surface area contributed by atoms with E-state index in [0.29, 0.717) is 34.6 Å². The van der Waals surface area contributed by atoms with E-state index in [1.807, 2.05) is 31.3 Å². The molecule has 32 heavy (non-hydrogen) atoms. The number of phenolic OH excluding ortho intramolecular Hbond substituents is 1. The molecule has 2 N–H and O–H groups in total. The fourth-order valence-corrected chi connectivity index (χ4v) is 4.30. The molecule has 2 aliphatic rings. The minimum Gasteiger partial charge on any atom is -0.507 e. The highest BCUT2D eigenvalue weighted by molar-refractivity contribution is 5.77. The van der Waals surface area contributed by atoms with E-state index in [4.69, 9.17) is 0 Å². The minimum atomic E-state index is 0.100. The van der Waals surface area contributed by atoms with E-state index in [1.165, 1.54) is 12.8 Å². The van der Waals surface area contributed by atoms with Gasteiger partial charge < -0.3 is 15.3 Å². The van der Waals surface area contributed by atoms with Crippen LogP contribution in [0, 0.1) is 5.92 Å². The molecule has 4 heterocycles. The van der Waals surface area contributed by atoms with Gasteiger partial charge >= 0.3 is 0 Å². The van der Waals surface area contributed by atoms with E-state index in [2.05, 4.69) is 40.7 Å². The number of aryl methyl sites for hydroxylation is 1. The lowest BCUT2D eigenvalue weighted by atomic mass is 10.1. The van der Waals surface area contributed by atoms with Gasteiger partial charge in [-0.1, -0.05) is 11.3 Å². The average Bonchev–Trinajstić information content (AvgIpc) is 3.62. The number of nitrogens with one attached hydrogen (secondary N) is 1. The van der Waals surface area contributed by atoms with Crippen molar-refractivity contribution in [2.75, 3.05) is 24.5 Å². The topological polar surface area (TPSA) is 118 Å². The maximum absolute atomic E-state index is 10.7. The zero-order valence-electron chi connectivity index (χ0n) is 17.7. The predicted octanol–water partition coefficient (Wildman–Crippen LogP) is 1.78.